The summed E-state index contributed by atoms with van der Waals surface area (Å²) in [4.78, 5) is 25.7. The van der Waals surface area contributed by atoms with Crippen molar-refractivity contribution in [2.75, 3.05) is 31.6 Å². The van der Waals surface area contributed by atoms with Gasteiger partial charge in [0.25, 0.3) is 5.91 Å². The Bertz CT molecular complexity index is 1090. The summed E-state index contributed by atoms with van der Waals surface area (Å²) in [6.45, 7) is 5.09. The number of hydrogen-bond acceptors (Lipinski definition) is 7. The zero-order valence-corrected chi connectivity index (χ0v) is 19.0. The Kier molecular flexibility index (Phi) is 6.74. The molecule has 1 aliphatic rings. The molecule has 2 aromatic heterocycles. The third-order valence-corrected chi connectivity index (χ3v) is 5.71. The monoisotopic (exact) mass is 448 g/mol. The average molecular weight is 449 g/mol. The molecule has 3 heterocycles. The Morgan fingerprint density at radius 3 is 2.55 bits per heavy atom. The zero-order valence-electron chi connectivity index (χ0n) is 19.0. The second-order valence-corrected chi connectivity index (χ2v) is 8.04. The molecule has 8 heteroatoms. The van der Waals surface area contributed by atoms with Crippen molar-refractivity contribution < 1.29 is 19.4 Å². The van der Waals surface area contributed by atoms with Crippen LogP contribution in [-0.2, 0) is 0 Å². The number of piperazine rings is 1. The van der Waals surface area contributed by atoms with Crippen molar-refractivity contribution in [2.45, 2.75) is 26.0 Å². The minimum Gasteiger partial charge on any atom is -0.494 e. The molecule has 0 bridgehead atoms. The van der Waals surface area contributed by atoms with Crippen molar-refractivity contribution in [3.63, 3.8) is 0 Å². The second-order valence-electron chi connectivity index (χ2n) is 8.04. The van der Waals surface area contributed by atoms with Crippen LogP contribution in [0.4, 0.5) is 5.69 Å². The highest BCUT2D eigenvalue weighted by Gasteiger charge is 2.35. The van der Waals surface area contributed by atoms with Gasteiger partial charge in [0.05, 0.1) is 37.3 Å². The van der Waals surface area contributed by atoms with Crippen LogP contribution in [0.1, 0.15) is 23.1 Å². The van der Waals surface area contributed by atoms with Crippen LogP contribution in [0.2, 0.25) is 0 Å². The number of carbonyl (C=O) groups excluding carboxylic acids is 1. The maximum Gasteiger partial charge on any atom is 0.272 e. The summed E-state index contributed by atoms with van der Waals surface area (Å²) in [5.74, 6) is 1.75. The quantitative estimate of drug-likeness (QED) is 0.619. The van der Waals surface area contributed by atoms with E-state index in [1.54, 1.807) is 37.3 Å². The highest BCUT2D eigenvalue weighted by molar-refractivity contribution is 5.93. The van der Waals surface area contributed by atoms with E-state index in [1.165, 1.54) is 6.20 Å². The van der Waals surface area contributed by atoms with Gasteiger partial charge >= 0.3 is 0 Å². The number of nitrogens with zero attached hydrogens (tertiary/aromatic N) is 4. The molecular weight excluding hydrogens is 420 g/mol. The van der Waals surface area contributed by atoms with Crippen molar-refractivity contribution in [2.24, 2.45) is 0 Å². The maximum absolute atomic E-state index is 13.3. The summed E-state index contributed by atoms with van der Waals surface area (Å²) in [5.41, 5.74) is 2.02. The van der Waals surface area contributed by atoms with E-state index in [0.717, 1.165) is 17.1 Å². The van der Waals surface area contributed by atoms with Crippen LogP contribution >= 0.6 is 0 Å². The molecule has 4 rings (SSSR count). The summed E-state index contributed by atoms with van der Waals surface area (Å²) in [7, 11) is 1.63. The SMILES string of the molecule is COc1cc(C)ncc1N1CCN(C(=O)c2ccc(Oc3ccccc3)cn2)[C@@H]([C@H](C)O)C1. The third kappa shape index (κ3) is 5.06. The highest BCUT2D eigenvalue weighted by Crippen LogP contribution is 2.30. The van der Waals surface area contributed by atoms with Gasteiger partial charge in [-0.2, -0.15) is 0 Å². The highest BCUT2D eigenvalue weighted by atomic mass is 16.5. The number of anilines is 1. The van der Waals surface area contributed by atoms with E-state index in [4.69, 9.17) is 9.47 Å². The number of aryl methyl sites for hydroxylation is 1. The van der Waals surface area contributed by atoms with Crippen LogP contribution in [0.3, 0.4) is 0 Å². The molecule has 0 unspecified atom stereocenters. The molecule has 1 aliphatic heterocycles. The van der Waals surface area contributed by atoms with E-state index < -0.39 is 12.1 Å². The minimum absolute atomic E-state index is 0.221. The smallest absolute Gasteiger partial charge is 0.272 e. The van der Waals surface area contributed by atoms with Crippen LogP contribution in [0, 0.1) is 6.92 Å². The van der Waals surface area contributed by atoms with Gasteiger partial charge in [0.2, 0.25) is 0 Å². The molecule has 0 spiro atoms. The van der Waals surface area contributed by atoms with E-state index in [1.807, 2.05) is 43.3 Å². The van der Waals surface area contributed by atoms with Gasteiger partial charge in [-0.05, 0) is 38.1 Å². The fraction of sp³-hybridized carbons (Fsp3) is 0.320. The lowest BCUT2D eigenvalue weighted by atomic mass is 10.1. The molecular formula is C25H28N4O4. The number of para-hydroxylation sites is 1. The topological polar surface area (TPSA) is 88.0 Å². The number of aliphatic hydroxyl groups is 1. The summed E-state index contributed by atoms with van der Waals surface area (Å²) in [6, 6.07) is 14.2. The molecule has 0 radical (unpaired) electrons. The zero-order chi connectivity index (χ0) is 23.4. The molecule has 0 aliphatic carbocycles. The van der Waals surface area contributed by atoms with Crippen LogP contribution in [0.5, 0.6) is 17.2 Å². The predicted molar refractivity (Wildman–Crippen MR) is 125 cm³/mol. The van der Waals surface area contributed by atoms with Crippen LogP contribution in [0.15, 0.2) is 60.9 Å². The van der Waals surface area contributed by atoms with Crippen molar-refractivity contribution in [1.29, 1.82) is 0 Å². The minimum atomic E-state index is -0.721. The summed E-state index contributed by atoms with van der Waals surface area (Å²) in [6.07, 6.45) is 2.59. The number of rotatable bonds is 6. The number of benzene rings is 1. The Morgan fingerprint density at radius 1 is 1.09 bits per heavy atom. The van der Waals surface area contributed by atoms with Gasteiger partial charge < -0.3 is 24.4 Å². The van der Waals surface area contributed by atoms with Crippen LogP contribution in [0.25, 0.3) is 0 Å². The summed E-state index contributed by atoms with van der Waals surface area (Å²) in [5, 5.41) is 10.5. The number of methoxy groups -OCH3 is 1. The fourth-order valence-corrected chi connectivity index (χ4v) is 3.96. The van der Waals surface area contributed by atoms with Gasteiger partial charge in [-0.1, -0.05) is 18.2 Å². The lowest BCUT2D eigenvalue weighted by Crippen LogP contribution is -2.59. The van der Waals surface area contributed by atoms with Gasteiger partial charge in [-0.15, -0.1) is 0 Å². The Morgan fingerprint density at radius 2 is 1.88 bits per heavy atom. The molecule has 1 amide bonds. The Hall–Kier alpha value is -3.65. The molecule has 33 heavy (non-hydrogen) atoms. The third-order valence-electron chi connectivity index (χ3n) is 5.71. The largest absolute Gasteiger partial charge is 0.494 e. The lowest BCUT2D eigenvalue weighted by Gasteiger charge is -2.43. The van der Waals surface area contributed by atoms with Crippen molar-refractivity contribution in [1.82, 2.24) is 14.9 Å². The number of amides is 1. The fourth-order valence-electron chi connectivity index (χ4n) is 3.96. The molecule has 3 aromatic rings. The molecule has 8 nitrogen and oxygen atoms in total. The first-order chi connectivity index (χ1) is 16.0. The van der Waals surface area contributed by atoms with Crippen molar-refractivity contribution in [3.05, 3.63) is 72.3 Å². The lowest BCUT2D eigenvalue weighted by molar-refractivity contribution is 0.0367. The van der Waals surface area contributed by atoms with E-state index in [9.17, 15) is 9.90 Å². The molecule has 1 N–H and O–H groups in total. The number of carbonyl (C=O) groups is 1. The predicted octanol–water partition coefficient (Wildman–Crippen LogP) is 3.30. The number of hydrogen-bond donors (Lipinski definition) is 1. The second kappa shape index (κ2) is 9.87. The molecule has 1 saturated heterocycles. The van der Waals surface area contributed by atoms with Crippen molar-refractivity contribution in [3.8, 4) is 17.2 Å². The van der Waals surface area contributed by atoms with Crippen LogP contribution < -0.4 is 14.4 Å². The van der Waals surface area contributed by atoms with Crippen molar-refractivity contribution >= 4 is 11.6 Å². The average Bonchev–Trinajstić information content (AvgIpc) is 2.84. The number of aromatic nitrogens is 2. The first-order valence-corrected chi connectivity index (χ1v) is 10.9. The van der Waals surface area contributed by atoms with E-state index in [2.05, 4.69) is 14.9 Å². The molecule has 1 aromatic carbocycles. The molecule has 172 valence electrons. The van der Waals surface area contributed by atoms with E-state index >= 15 is 0 Å². The Labute approximate surface area is 193 Å². The first-order valence-electron chi connectivity index (χ1n) is 10.9. The van der Waals surface area contributed by atoms with Crippen LogP contribution in [-0.4, -0.2) is 64.8 Å². The van der Waals surface area contributed by atoms with E-state index in [-0.39, 0.29) is 5.91 Å². The molecule has 0 saturated carbocycles. The normalized spacial score (nSPS) is 16.9. The number of aliphatic hydroxyl groups excluding tert-OH is 1. The number of ether oxygens (including phenoxy) is 2. The van der Waals surface area contributed by atoms with Gasteiger partial charge in [0, 0.05) is 31.4 Å². The summed E-state index contributed by atoms with van der Waals surface area (Å²) < 4.78 is 11.3. The molecule has 1 fully saturated rings. The summed E-state index contributed by atoms with van der Waals surface area (Å²) >= 11 is 0. The molecule has 2 atom stereocenters. The van der Waals surface area contributed by atoms with E-state index in [0.29, 0.717) is 36.8 Å². The van der Waals surface area contributed by atoms with Gasteiger partial charge in [0.1, 0.15) is 22.9 Å². The maximum atomic E-state index is 13.3. The number of pyridine rings is 2. The van der Waals surface area contributed by atoms with Gasteiger partial charge in [-0.3, -0.25) is 9.78 Å². The standard InChI is InChI=1S/C25H28N4O4/c1-17-13-24(32-3)22(15-26-17)28-11-12-29(23(16-28)18(2)30)25(31)21-10-9-20(14-27-21)33-19-7-5-4-6-8-19/h4-10,13-15,18,23,30H,11-12,16H2,1-3H3/t18-,23+/m0/s1. The Balaban J connectivity index is 1.49. The van der Waals surface area contributed by atoms with Gasteiger partial charge in [-0.25, -0.2) is 4.98 Å². The first kappa shape index (κ1) is 22.5. The van der Waals surface area contributed by atoms with Gasteiger partial charge in [0.15, 0.2) is 0 Å².